The molecule has 2 aromatic rings. The van der Waals surface area contributed by atoms with Crippen LogP contribution in [0.3, 0.4) is 0 Å². The summed E-state index contributed by atoms with van der Waals surface area (Å²) in [6, 6.07) is 14.4. The monoisotopic (exact) mass is 589 g/mol. The minimum Gasteiger partial charge on any atom is -1.00 e. The van der Waals surface area contributed by atoms with Crippen LogP contribution in [0.15, 0.2) is 53.7 Å². The van der Waals surface area contributed by atoms with Crippen molar-refractivity contribution in [2.75, 3.05) is 6.61 Å². The van der Waals surface area contributed by atoms with E-state index in [0.717, 1.165) is 13.0 Å². The second-order valence-electron chi connectivity index (χ2n) is 10.0. The van der Waals surface area contributed by atoms with Crippen molar-refractivity contribution in [1.29, 1.82) is 0 Å². The van der Waals surface area contributed by atoms with Crippen molar-refractivity contribution in [3.8, 4) is 0 Å². The van der Waals surface area contributed by atoms with Gasteiger partial charge in [-0.2, -0.15) is 0 Å². The van der Waals surface area contributed by atoms with Gasteiger partial charge in [0.05, 0.1) is 8.07 Å². The van der Waals surface area contributed by atoms with Crippen LogP contribution < -0.4 is 35.3 Å². The SMILES string of the molecule is CC=c1ccc2c(c1C1=C([Si](C)(C)CCO[Si](C)(C)C)C=CC1)[C-]=c1ccccc1=2.[Cl-].[Cl-].[Zr+3]. The standard InChI is InChI=1S/C27H33OSi2.2ClH.Zr/c1-7-20-15-16-23-22-12-9-8-11-21(22)19-25(23)27(20)24-13-10-14-26(24)30(5,6)18-17-28-29(2,3)4;;;/h7-12,14-16H,13,17-18H2,1-6H3;2*1H;/q-1;;;+3/p-2. The Labute approximate surface area is 232 Å². The average Bonchev–Trinajstić information content (AvgIpc) is 3.31. The van der Waals surface area contributed by atoms with E-state index in [0.29, 0.717) is 0 Å². The molecule has 0 aromatic heterocycles. The van der Waals surface area contributed by atoms with Crippen LogP contribution in [0.5, 0.6) is 0 Å². The molecule has 2 aromatic carbocycles. The van der Waals surface area contributed by atoms with Gasteiger partial charge in [0.15, 0.2) is 8.32 Å². The van der Waals surface area contributed by atoms with Crippen molar-refractivity contribution in [3.05, 3.63) is 85.7 Å². The second-order valence-corrected chi connectivity index (χ2v) is 19.3. The Kier molecular flexibility index (Phi) is 11.1. The summed E-state index contributed by atoms with van der Waals surface area (Å²) in [5, 5.41) is 6.77. The maximum Gasteiger partial charge on any atom is 3.00 e. The number of halogens is 2. The van der Waals surface area contributed by atoms with Crippen LogP contribution in [0, 0.1) is 10.4 Å². The van der Waals surface area contributed by atoms with E-state index in [1.165, 1.54) is 43.6 Å². The molecule has 0 bridgehead atoms. The molecule has 0 spiro atoms. The summed E-state index contributed by atoms with van der Waals surface area (Å²) >= 11 is 0. The molecule has 1 radical (unpaired) electrons. The molecule has 1 nitrogen and oxygen atoms in total. The normalized spacial score (nSPS) is 14.7. The molecule has 6 heteroatoms. The third-order valence-electron chi connectivity index (χ3n) is 6.25. The molecule has 0 aliphatic heterocycles. The molecule has 0 fully saturated rings. The maximum absolute atomic E-state index is 6.24. The fraction of sp³-hybridized carbons (Fsp3) is 0.333. The fourth-order valence-corrected chi connectivity index (χ4v) is 8.04. The minimum absolute atomic E-state index is 0. The van der Waals surface area contributed by atoms with Gasteiger partial charge >= 0.3 is 26.2 Å². The van der Waals surface area contributed by atoms with E-state index in [4.69, 9.17) is 4.43 Å². The van der Waals surface area contributed by atoms with E-state index >= 15 is 0 Å². The Bertz CT molecular complexity index is 1270. The van der Waals surface area contributed by atoms with Crippen LogP contribution in [0.1, 0.15) is 24.5 Å². The fourth-order valence-electron chi connectivity index (χ4n) is 4.62. The number of hydrogen-bond donors (Lipinski definition) is 0. The van der Waals surface area contributed by atoms with Crippen LogP contribution in [0.4, 0.5) is 0 Å². The number of allylic oxidation sites excluding steroid dienone is 4. The summed E-state index contributed by atoms with van der Waals surface area (Å²) < 4.78 is 6.24. The van der Waals surface area contributed by atoms with Crippen LogP contribution >= 0.6 is 0 Å². The van der Waals surface area contributed by atoms with Crippen LogP contribution in [0.25, 0.3) is 17.7 Å². The first kappa shape index (κ1) is 30.5. The summed E-state index contributed by atoms with van der Waals surface area (Å²) in [6.07, 6.45) is 11.8. The molecule has 0 saturated carbocycles. The first-order valence-corrected chi connectivity index (χ1v) is 17.7. The van der Waals surface area contributed by atoms with Crippen molar-refractivity contribution in [2.45, 2.75) is 52.1 Å². The molecule has 2 aliphatic rings. The third kappa shape index (κ3) is 6.40. The molecular formula is C27H33Cl2OSi2Zr. The Balaban J connectivity index is 0.00000181. The van der Waals surface area contributed by atoms with Crippen molar-refractivity contribution < 1.29 is 55.4 Å². The molecule has 173 valence electrons. The quantitative estimate of drug-likeness (QED) is 0.281. The van der Waals surface area contributed by atoms with Gasteiger partial charge in [0.25, 0.3) is 0 Å². The molecule has 0 saturated heterocycles. The molecular weight excluding hydrogens is 559 g/mol. The second kappa shape index (κ2) is 12.0. The smallest absolute Gasteiger partial charge is 1.00 e. The molecule has 0 unspecified atom stereocenters. The van der Waals surface area contributed by atoms with Crippen molar-refractivity contribution in [3.63, 3.8) is 0 Å². The predicted octanol–water partition coefficient (Wildman–Crippen LogP) is -0.389. The van der Waals surface area contributed by atoms with Gasteiger partial charge in [0.1, 0.15) is 0 Å². The molecule has 4 rings (SSSR count). The van der Waals surface area contributed by atoms with Crippen LogP contribution in [0.2, 0.25) is 38.8 Å². The number of benzene rings is 2. The summed E-state index contributed by atoms with van der Waals surface area (Å²) in [5.41, 5.74) is 4.20. The molecule has 0 heterocycles. The largest absolute Gasteiger partial charge is 3.00 e. The van der Waals surface area contributed by atoms with Crippen LogP contribution in [-0.4, -0.2) is 23.0 Å². The van der Waals surface area contributed by atoms with E-state index in [1.54, 1.807) is 5.20 Å². The van der Waals surface area contributed by atoms with Crippen molar-refractivity contribution >= 4 is 34.1 Å². The van der Waals surface area contributed by atoms with E-state index in [2.05, 4.69) is 100 Å². The Hall–Kier alpha value is -0.483. The first-order valence-electron chi connectivity index (χ1n) is 11.1. The van der Waals surface area contributed by atoms with Gasteiger partial charge in [-0.1, -0.05) is 83.2 Å². The third-order valence-corrected chi connectivity index (χ3v) is 10.7. The van der Waals surface area contributed by atoms with E-state index in [-0.39, 0.29) is 51.0 Å². The zero-order valence-electron chi connectivity index (χ0n) is 20.5. The Morgan fingerprint density at radius 1 is 0.970 bits per heavy atom. The first-order chi connectivity index (χ1) is 14.2. The van der Waals surface area contributed by atoms with Gasteiger partial charge < -0.3 is 29.2 Å². The van der Waals surface area contributed by atoms with E-state index in [1.807, 2.05) is 0 Å². The predicted molar refractivity (Wildman–Crippen MR) is 135 cm³/mol. The summed E-state index contributed by atoms with van der Waals surface area (Å²) in [5.74, 6) is 0. The van der Waals surface area contributed by atoms with E-state index in [9.17, 15) is 0 Å². The van der Waals surface area contributed by atoms with E-state index < -0.39 is 16.4 Å². The number of rotatable bonds is 6. The topological polar surface area (TPSA) is 9.23 Å². The van der Waals surface area contributed by atoms with Gasteiger partial charge in [0, 0.05) is 6.61 Å². The van der Waals surface area contributed by atoms with Gasteiger partial charge in [-0.25, -0.2) is 0 Å². The average molecular weight is 592 g/mol. The molecule has 0 N–H and O–H groups in total. The van der Waals surface area contributed by atoms with Gasteiger partial charge in [0.2, 0.25) is 0 Å². The summed E-state index contributed by atoms with van der Waals surface area (Å²) in [7, 11) is -3.08. The van der Waals surface area contributed by atoms with Gasteiger partial charge in [-0.05, 0) is 39.0 Å². The van der Waals surface area contributed by atoms with Gasteiger partial charge in [-0.15, -0.1) is 33.4 Å². The maximum atomic E-state index is 6.24. The molecule has 0 amide bonds. The van der Waals surface area contributed by atoms with Gasteiger partial charge in [-0.3, -0.25) is 0 Å². The van der Waals surface area contributed by atoms with Crippen molar-refractivity contribution in [1.82, 2.24) is 0 Å². The summed E-state index contributed by atoms with van der Waals surface area (Å²) in [4.78, 5) is 0. The zero-order chi connectivity index (χ0) is 21.5. The molecule has 2 aliphatic carbocycles. The van der Waals surface area contributed by atoms with Crippen LogP contribution in [-0.2, 0) is 30.6 Å². The zero-order valence-corrected chi connectivity index (χ0v) is 26.5. The molecule has 0 atom stereocenters. The Morgan fingerprint density at radius 2 is 1.67 bits per heavy atom. The molecule has 33 heavy (non-hydrogen) atoms. The number of hydrogen-bond acceptors (Lipinski definition) is 1. The Morgan fingerprint density at radius 3 is 2.33 bits per heavy atom. The number of fused-ring (bicyclic) bond motifs is 2. The minimum atomic E-state index is -1.62. The van der Waals surface area contributed by atoms with Crippen molar-refractivity contribution in [2.24, 2.45) is 0 Å². The summed E-state index contributed by atoms with van der Waals surface area (Å²) in [6.45, 7) is 14.9.